The number of para-hydroxylation sites is 1. The quantitative estimate of drug-likeness (QED) is 0.157. The second-order valence-corrected chi connectivity index (χ2v) is 12.4. The van der Waals surface area contributed by atoms with Crippen molar-refractivity contribution < 1.29 is 0 Å². The van der Waals surface area contributed by atoms with E-state index in [0.717, 1.165) is 5.52 Å². The lowest BCUT2D eigenvalue weighted by atomic mass is 9.34. The first kappa shape index (κ1) is 27.2. The Morgan fingerprint density at radius 1 is 0.512 bits per heavy atom. The maximum Gasteiger partial charge on any atom is 0.242 e. The van der Waals surface area contributed by atoms with Crippen molar-refractivity contribution in [1.29, 1.82) is 0 Å². The first-order valence-electron chi connectivity index (χ1n) is 15.2. The Kier molecular flexibility index (Phi) is 6.66. The molecule has 0 radical (unpaired) electrons. The summed E-state index contributed by atoms with van der Waals surface area (Å²) in [5.74, 6) is 0. The number of hydrogen-bond acceptors (Lipinski definition) is 1. The van der Waals surface area contributed by atoms with E-state index in [-0.39, 0.29) is 6.71 Å². The number of hydrogen-bond donors (Lipinski definition) is 0. The molecule has 0 unspecified atom stereocenters. The third-order valence-electron chi connectivity index (χ3n) is 9.22. The van der Waals surface area contributed by atoms with Crippen LogP contribution in [0.15, 0.2) is 109 Å². The Balaban J connectivity index is 1.41. The first-order valence-corrected chi connectivity index (χ1v) is 15.2. The number of pyridine rings is 1. The molecule has 0 aliphatic rings. The molecule has 1 heterocycles. The van der Waals surface area contributed by atoms with Gasteiger partial charge in [-0.15, -0.1) is 0 Å². The fourth-order valence-corrected chi connectivity index (χ4v) is 7.60. The molecule has 0 bridgehead atoms. The van der Waals surface area contributed by atoms with Crippen molar-refractivity contribution in [2.45, 2.75) is 41.5 Å². The molecule has 1 nitrogen and oxygen atoms in total. The Labute approximate surface area is 255 Å². The number of rotatable bonds is 4. The average molecular weight is 554 g/mol. The topological polar surface area (TPSA) is 12.9 Å². The van der Waals surface area contributed by atoms with E-state index in [1.165, 1.54) is 87.8 Å². The second-order valence-electron chi connectivity index (χ2n) is 12.4. The SMILES string of the molecule is Cc1cc(C)c(B(c2ccc(-c3cccc4c3ccc3cnc5ccccc5c34)cc2)c2c(C)cc(C)cc2C)c(C)c1. The molecule has 0 amide bonds. The minimum absolute atomic E-state index is 0.172. The van der Waals surface area contributed by atoms with Gasteiger partial charge in [-0.2, -0.15) is 0 Å². The van der Waals surface area contributed by atoms with Gasteiger partial charge in [-0.3, -0.25) is 4.98 Å². The number of aryl methyl sites for hydroxylation is 6. The van der Waals surface area contributed by atoms with Crippen LogP contribution in [0.3, 0.4) is 0 Å². The van der Waals surface area contributed by atoms with Gasteiger partial charge in [-0.1, -0.05) is 147 Å². The molecule has 0 saturated heterocycles. The molecule has 208 valence electrons. The van der Waals surface area contributed by atoms with Crippen molar-refractivity contribution in [3.63, 3.8) is 0 Å². The van der Waals surface area contributed by atoms with Crippen LogP contribution >= 0.6 is 0 Å². The monoisotopic (exact) mass is 553 g/mol. The van der Waals surface area contributed by atoms with Crippen molar-refractivity contribution in [3.05, 3.63) is 143 Å². The third kappa shape index (κ3) is 4.62. The molecule has 7 aromatic rings. The first-order chi connectivity index (χ1) is 20.8. The summed E-state index contributed by atoms with van der Waals surface area (Å²) in [6, 6.07) is 38.3. The molecule has 6 aromatic carbocycles. The van der Waals surface area contributed by atoms with E-state index in [1.807, 2.05) is 6.20 Å². The van der Waals surface area contributed by atoms with Crippen LogP contribution in [0, 0.1) is 41.5 Å². The largest absolute Gasteiger partial charge is 0.256 e. The summed E-state index contributed by atoms with van der Waals surface area (Å²) in [6.07, 6.45) is 2.00. The number of nitrogens with zero attached hydrogens (tertiary/aromatic N) is 1. The van der Waals surface area contributed by atoms with Gasteiger partial charge < -0.3 is 0 Å². The van der Waals surface area contributed by atoms with Gasteiger partial charge >= 0.3 is 0 Å². The Morgan fingerprint density at radius 2 is 1.09 bits per heavy atom. The lowest BCUT2D eigenvalue weighted by molar-refractivity contribution is 1.34. The summed E-state index contributed by atoms with van der Waals surface area (Å²) in [7, 11) is 0. The molecular formula is C41H36BN. The lowest BCUT2D eigenvalue weighted by Gasteiger charge is -2.25. The third-order valence-corrected chi connectivity index (χ3v) is 9.22. The lowest BCUT2D eigenvalue weighted by Crippen LogP contribution is -2.55. The summed E-state index contributed by atoms with van der Waals surface area (Å²) in [5, 5.41) is 6.19. The standard InChI is InChI=1S/C41H36BN/c1-25-20-27(3)40(28(4)21-25)42(41-29(5)22-26(2)23-30(41)6)33-17-14-31(15-18-33)34-11-9-12-36-35(34)19-16-32-24-43-38-13-8-7-10-37(38)39(32)36/h7-24H,1-6H3. The van der Waals surface area contributed by atoms with E-state index in [4.69, 9.17) is 4.98 Å². The number of aromatic nitrogens is 1. The van der Waals surface area contributed by atoms with Gasteiger partial charge in [0, 0.05) is 22.4 Å². The molecule has 0 saturated carbocycles. The Morgan fingerprint density at radius 3 is 1.72 bits per heavy atom. The Bertz CT molecular complexity index is 2090. The maximum atomic E-state index is 4.71. The van der Waals surface area contributed by atoms with Crippen LogP contribution in [-0.2, 0) is 0 Å². The molecule has 0 N–H and O–H groups in total. The molecule has 2 heteroatoms. The zero-order chi connectivity index (χ0) is 29.8. The van der Waals surface area contributed by atoms with Gasteiger partial charge in [0.05, 0.1) is 5.52 Å². The summed E-state index contributed by atoms with van der Waals surface area (Å²) >= 11 is 0. The van der Waals surface area contributed by atoms with Crippen LogP contribution in [0.25, 0.3) is 43.6 Å². The van der Waals surface area contributed by atoms with Crippen molar-refractivity contribution in [3.8, 4) is 11.1 Å². The molecule has 0 aliphatic heterocycles. The van der Waals surface area contributed by atoms with E-state index >= 15 is 0 Å². The molecule has 0 atom stereocenters. The van der Waals surface area contributed by atoms with Crippen LogP contribution in [0.2, 0.25) is 0 Å². The van der Waals surface area contributed by atoms with Gasteiger partial charge in [0.1, 0.15) is 0 Å². The smallest absolute Gasteiger partial charge is 0.242 e. The second kappa shape index (κ2) is 10.5. The summed E-state index contributed by atoms with van der Waals surface area (Å²) < 4.78 is 0. The van der Waals surface area contributed by atoms with Crippen LogP contribution < -0.4 is 16.4 Å². The van der Waals surface area contributed by atoms with Crippen molar-refractivity contribution in [2.75, 3.05) is 0 Å². The van der Waals surface area contributed by atoms with Gasteiger partial charge in [0.2, 0.25) is 6.71 Å². The Hall–Kier alpha value is -4.69. The molecule has 1 aromatic heterocycles. The molecule has 0 aliphatic carbocycles. The summed E-state index contributed by atoms with van der Waals surface area (Å²) in [5.41, 5.74) is 15.8. The predicted octanol–water partition coefficient (Wildman–Crippen LogP) is 8.57. The highest BCUT2D eigenvalue weighted by Gasteiger charge is 2.28. The zero-order valence-electron chi connectivity index (χ0n) is 25.9. The highest BCUT2D eigenvalue weighted by atomic mass is 14.6. The average Bonchev–Trinajstić information content (AvgIpc) is 2.99. The van der Waals surface area contributed by atoms with Crippen LogP contribution in [0.1, 0.15) is 33.4 Å². The van der Waals surface area contributed by atoms with Crippen LogP contribution in [0.5, 0.6) is 0 Å². The van der Waals surface area contributed by atoms with Gasteiger partial charge in [-0.25, -0.2) is 0 Å². The summed E-state index contributed by atoms with van der Waals surface area (Å²) in [6.45, 7) is 13.7. The maximum absolute atomic E-state index is 4.71. The molecular weight excluding hydrogens is 517 g/mol. The van der Waals surface area contributed by atoms with Gasteiger partial charge in [0.15, 0.2) is 0 Å². The summed E-state index contributed by atoms with van der Waals surface area (Å²) in [4.78, 5) is 4.71. The normalized spacial score (nSPS) is 11.5. The minimum Gasteiger partial charge on any atom is -0.256 e. The van der Waals surface area contributed by atoms with E-state index in [0.29, 0.717) is 0 Å². The minimum atomic E-state index is 0.172. The molecule has 7 rings (SSSR count). The predicted molar refractivity (Wildman–Crippen MR) is 188 cm³/mol. The van der Waals surface area contributed by atoms with Crippen molar-refractivity contribution in [2.24, 2.45) is 0 Å². The van der Waals surface area contributed by atoms with Gasteiger partial charge in [-0.05, 0) is 69.5 Å². The van der Waals surface area contributed by atoms with Gasteiger partial charge in [0.25, 0.3) is 0 Å². The highest BCUT2D eigenvalue weighted by molar-refractivity contribution is 6.96. The fourth-order valence-electron chi connectivity index (χ4n) is 7.60. The van der Waals surface area contributed by atoms with Crippen molar-refractivity contribution >= 4 is 55.5 Å². The van der Waals surface area contributed by atoms with Crippen LogP contribution in [0.4, 0.5) is 0 Å². The van der Waals surface area contributed by atoms with E-state index in [2.05, 4.69) is 145 Å². The van der Waals surface area contributed by atoms with E-state index in [9.17, 15) is 0 Å². The van der Waals surface area contributed by atoms with Crippen molar-refractivity contribution in [1.82, 2.24) is 4.98 Å². The van der Waals surface area contributed by atoms with E-state index < -0.39 is 0 Å². The fraction of sp³-hybridized carbons (Fsp3) is 0.146. The molecule has 0 fully saturated rings. The number of fused-ring (bicyclic) bond motifs is 5. The zero-order valence-corrected chi connectivity index (χ0v) is 25.9. The molecule has 0 spiro atoms. The highest BCUT2D eigenvalue weighted by Crippen LogP contribution is 2.35. The number of benzene rings is 6. The van der Waals surface area contributed by atoms with E-state index in [1.54, 1.807) is 0 Å². The molecule has 43 heavy (non-hydrogen) atoms. The van der Waals surface area contributed by atoms with Crippen LogP contribution in [-0.4, -0.2) is 11.7 Å².